The summed E-state index contributed by atoms with van der Waals surface area (Å²) >= 11 is 0. The van der Waals surface area contributed by atoms with Gasteiger partial charge in [-0.2, -0.15) is 0 Å². The van der Waals surface area contributed by atoms with Gasteiger partial charge in [0.05, 0.1) is 12.5 Å². The molecule has 2 aromatic carbocycles. The molecule has 0 saturated carbocycles. The molecule has 0 spiro atoms. The number of anilines is 1. The lowest BCUT2D eigenvalue weighted by molar-refractivity contribution is 0.0953. The normalized spacial score (nSPS) is 13.3. The molecule has 1 atom stereocenters. The maximum atomic E-state index is 12.8. The van der Waals surface area contributed by atoms with Gasteiger partial charge in [0, 0.05) is 35.7 Å². The first kappa shape index (κ1) is 27.5. The van der Waals surface area contributed by atoms with Gasteiger partial charge in [-0.25, -0.2) is 9.97 Å². The Bertz CT molecular complexity index is 1580. The number of hydrogen-bond donors (Lipinski definition) is 5. The van der Waals surface area contributed by atoms with Crippen molar-refractivity contribution in [3.05, 3.63) is 66.6 Å². The fourth-order valence-corrected chi connectivity index (χ4v) is 7.60. The van der Waals surface area contributed by atoms with Crippen LogP contribution in [0.2, 0.25) is 0 Å². The molecular weight excluding hydrogens is 532 g/mol. The molecule has 0 aliphatic carbocycles. The lowest BCUT2D eigenvalue weighted by atomic mass is 10.1. The number of hydrogen-bond acceptors (Lipinski definition) is 7. The molecule has 0 fully saturated rings. The van der Waals surface area contributed by atoms with Crippen LogP contribution in [0, 0.1) is 0 Å². The van der Waals surface area contributed by atoms with E-state index in [1.54, 1.807) is 25.3 Å². The van der Waals surface area contributed by atoms with E-state index in [2.05, 4.69) is 15.3 Å². The van der Waals surface area contributed by atoms with Gasteiger partial charge in [0.2, 0.25) is 7.37 Å². The van der Waals surface area contributed by atoms with Gasteiger partial charge in [0.15, 0.2) is 5.65 Å². The van der Waals surface area contributed by atoms with Gasteiger partial charge >= 0.3 is 7.60 Å². The van der Waals surface area contributed by atoms with Crippen LogP contribution in [-0.4, -0.2) is 60.8 Å². The molecule has 0 radical (unpaired) electrons. The number of benzene rings is 2. The number of fused-ring (bicyclic) bond motifs is 1. The second-order valence-electron chi connectivity index (χ2n) is 8.64. The number of nitrogens with zero attached hydrogens (tertiary/aromatic N) is 3. The van der Waals surface area contributed by atoms with E-state index in [-0.39, 0.29) is 19.1 Å². The summed E-state index contributed by atoms with van der Waals surface area (Å²) in [5, 5.41) is 3.32. The van der Waals surface area contributed by atoms with Gasteiger partial charge in [-0.3, -0.25) is 13.9 Å². The molecule has 38 heavy (non-hydrogen) atoms. The highest BCUT2D eigenvalue weighted by Gasteiger charge is 2.29. The van der Waals surface area contributed by atoms with Crippen molar-refractivity contribution in [2.75, 3.05) is 31.5 Å². The molecule has 2 heterocycles. The average molecular weight is 559 g/mol. The van der Waals surface area contributed by atoms with E-state index in [0.29, 0.717) is 33.9 Å². The molecule has 0 bridgehead atoms. The van der Waals surface area contributed by atoms with Gasteiger partial charge in [0.1, 0.15) is 23.8 Å². The van der Waals surface area contributed by atoms with Gasteiger partial charge in [-0.15, -0.1) is 0 Å². The number of nitrogens with one attached hydrogen (secondary N) is 1. The number of carbonyl (C=O) groups excluding carboxylic acids is 1. The molecule has 1 unspecified atom stereocenters. The van der Waals surface area contributed by atoms with E-state index < -0.39 is 26.8 Å². The Morgan fingerprint density at radius 2 is 1.87 bits per heavy atom. The number of nitrogens with two attached hydrogens (primary N) is 1. The number of amides is 1. The molecule has 1 amide bonds. The van der Waals surface area contributed by atoms with E-state index in [1.807, 2.05) is 41.1 Å². The van der Waals surface area contributed by atoms with Crippen LogP contribution in [-0.2, 0) is 9.13 Å². The monoisotopic (exact) mass is 559 g/mol. The summed E-state index contributed by atoms with van der Waals surface area (Å²) in [6.45, 7) is 0.0605. The van der Waals surface area contributed by atoms with Crippen molar-refractivity contribution in [2.24, 2.45) is 0 Å². The van der Waals surface area contributed by atoms with Crippen molar-refractivity contribution in [3.63, 3.8) is 0 Å². The van der Waals surface area contributed by atoms with Gasteiger partial charge in [0.25, 0.3) is 5.91 Å². The average Bonchev–Trinajstić information content (AvgIpc) is 3.26. The third-order valence-electron chi connectivity index (χ3n) is 5.75. The number of rotatable bonds is 10. The number of carbonyl (C=O) groups is 1. The fourth-order valence-electron chi connectivity index (χ4n) is 4.08. The highest BCUT2D eigenvalue weighted by atomic mass is 31.2. The first-order chi connectivity index (χ1) is 18.0. The summed E-state index contributed by atoms with van der Waals surface area (Å²) in [4.78, 5) is 48.9. The molecule has 2 aromatic heterocycles. The molecule has 0 aliphatic heterocycles. The Balaban J connectivity index is 1.57. The molecule has 0 aliphatic rings. The zero-order chi connectivity index (χ0) is 27.5. The molecule has 14 heteroatoms. The summed E-state index contributed by atoms with van der Waals surface area (Å²) in [6, 6.07) is 14.3. The van der Waals surface area contributed by atoms with E-state index in [4.69, 9.17) is 20.3 Å². The summed E-state index contributed by atoms with van der Waals surface area (Å²) in [6.07, 6.45) is 3.00. The molecular formula is C24H27N5O7P2. The van der Waals surface area contributed by atoms with E-state index in [1.165, 1.54) is 6.33 Å². The molecule has 0 saturated heterocycles. The lowest BCUT2D eigenvalue weighted by Gasteiger charge is -2.13. The van der Waals surface area contributed by atoms with Crippen molar-refractivity contribution >= 4 is 37.7 Å². The van der Waals surface area contributed by atoms with Crippen LogP contribution >= 0.6 is 15.0 Å². The Hall–Kier alpha value is -3.53. The largest absolute Gasteiger partial charge is 0.497 e. The van der Waals surface area contributed by atoms with E-state index in [9.17, 15) is 18.8 Å². The van der Waals surface area contributed by atoms with Crippen LogP contribution in [0.5, 0.6) is 5.75 Å². The highest BCUT2D eigenvalue weighted by Crippen LogP contribution is 2.54. The topological polar surface area (TPSA) is 190 Å². The van der Waals surface area contributed by atoms with E-state index in [0.717, 1.165) is 11.1 Å². The third kappa shape index (κ3) is 6.48. The predicted octanol–water partition coefficient (Wildman–Crippen LogP) is 3.20. The number of methoxy groups -OCH3 is 1. The maximum absolute atomic E-state index is 12.8. The highest BCUT2D eigenvalue weighted by molar-refractivity contribution is 7.72. The third-order valence-corrected chi connectivity index (χ3v) is 10.0. The minimum absolute atomic E-state index is 0.0605. The Labute approximate surface area is 218 Å². The number of ether oxygens (including phenoxy) is 1. The summed E-state index contributed by atoms with van der Waals surface area (Å²) in [5.41, 5.74) is 9.41. The first-order valence-electron chi connectivity index (χ1n) is 11.5. The fraction of sp³-hybridized carbons (Fsp3) is 0.208. The first-order valence-corrected chi connectivity index (χ1v) is 15.3. The lowest BCUT2D eigenvalue weighted by Crippen LogP contribution is -2.25. The zero-order valence-electron chi connectivity index (χ0n) is 20.4. The van der Waals surface area contributed by atoms with Crippen LogP contribution in [0.25, 0.3) is 27.8 Å². The minimum Gasteiger partial charge on any atom is -0.497 e. The van der Waals surface area contributed by atoms with Crippen molar-refractivity contribution in [1.82, 2.24) is 19.9 Å². The molecule has 6 N–H and O–H groups in total. The zero-order valence-corrected chi connectivity index (χ0v) is 22.2. The smallest absolute Gasteiger partial charge is 0.335 e. The van der Waals surface area contributed by atoms with Gasteiger partial charge in [-0.05, 0) is 42.3 Å². The molecule has 12 nitrogen and oxygen atoms in total. The standard InChI is InChI=1S/C24H27N5O7P2/c1-36-19-8-3-5-16(12-19)20-13-29(23-21(20)22(25)27-14-28-23)18-7-2-6-17(11-18)24(30)26-9-4-10-37(31,32)15-38(33,34)35/h2-3,5-8,11-14H,4,9-10,15H2,1H3,(H,26,30)(H,31,32)(H2,25,27,28)(H2,33,34,35). The molecule has 200 valence electrons. The van der Waals surface area contributed by atoms with E-state index >= 15 is 0 Å². The second kappa shape index (κ2) is 11.1. The van der Waals surface area contributed by atoms with Gasteiger partial charge < -0.3 is 35.0 Å². The summed E-state index contributed by atoms with van der Waals surface area (Å²) in [7, 11) is -7.02. The van der Waals surface area contributed by atoms with Crippen LogP contribution in [0.15, 0.2) is 61.1 Å². The van der Waals surface area contributed by atoms with Crippen LogP contribution in [0.4, 0.5) is 5.82 Å². The SMILES string of the molecule is COc1cccc(-c2cn(-c3cccc(C(=O)NCCCP(=O)(O)CP(=O)(O)O)c3)c3ncnc(N)c23)c1. The quantitative estimate of drug-likeness (QED) is 0.142. The predicted molar refractivity (Wildman–Crippen MR) is 144 cm³/mol. The van der Waals surface area contributed by atoms with Crippen LogP contribution in [0.3, 0.4) is 0 Å². The van der Waals surface area contributed by atoms with Crippen LogP contribution < -0.4 is 15.8 Å². The van der Waals surface area contributed by atoms with Gasteiger partial charge in [-0.1, -0.05) is 18.2 Å². The van der Waals surface area contributed by atoms with Crippen molar-refractivity contribution in [3.8, 4) is 22.6 Å². The molecule has 4 aromatic rings. The number of aromatic nitrogens is 3. The molecule has 4 rings (SSSR count). The Morgan fingerprint density at radius 3 is 2.61 bits per heavy atom. The van der Waals surface area contributed by atoms with Crippen molar-refractivity contribution in [1.29, 1.82) is 0 Å². The summed E-state index contributed by atoms with van der Waals surface area (Å²) in [5.74, 6) is -0.502. The van der Waals surface area contributed by atoms with Crippen molar-refractivity contribution in [2.45, 2.75) is 6.42 Å². The Morgan fingerprint density at radius 1 is 1.11 bits per heavy atom. The maximum Gasteiger partial charge on any atom is 0.335 e. The summed E-state index contributed by atoms with van der Waals surface area (Å²) < 4.78 is 30.1. The number of nitrogen functional groups attached to an aromatic ring is 1. The Kier molecular flexibility index (Phi) is 8.01. The minimum atomic E-state index is -4.61. The second-order valence-corrected chi connectivity index (χ2v) is 13.2. The van der Waals surface area contributed by atoms with Crippen molar-refractivity contribution < 1.29 is 33.3 Å². The van der Waals surface area contributed by atoms with Crippen LogP contribution in [0.1, 0.15) is 16.8 Å².